The molecule has 26 heavy (non-hydrogen) atoms. The van der Waals surface area contributed by atoms with Crippen molar-refractivity contribution in [2.75, 3.05) is 38.1 Å². The van der Waals surface area contributed by atoms with Crippen LogP contribution in [0.4, 0.5) is 5.69 Å². The standard InChI is InChI=1S/C18H23N3O5/c1-13(22)19-16-5-3-15(4-6-16)11-18(25)26-12-17(24)21-9-7-20(8-10-21)14(2)23/h3-6H,7-12H2,1-2H3,(H,19,22). The van der Waals surface area contributed by atoms with Crippen molar-refractivity contribution in [2.45, 2.75) is 20.3 Å². The number of hydrogen-bond donors (Lipinski definition) is 1. The van der Waals surface area contributed by atoms with E-state index in [1.165, 1.54) is 13.8 Å². The SMILES string of the molecule is CC(=O)Nc1ccc(CC(=O)OCC(=O)N2CCN(C(C)=O)CC2)cc1. The molecule has 140 valence electrons. The third kappa shape index (κ3) is 5.87. The van der Waals surface area contributed by atoms with E-state index < -0.39 is 5.97 Å². The van der Waals surface area contributed by atoms with Crippen molar-refractivity contribution in [2.24, 2.45) is 0 Å². The molecule has 1 aromatic rings. The number of benzene rings is 1. The van der Waals surface area contributed by atoms with Crippen LogP contribution in [0.3, 0.4) is 0 Å². The van der Waals surface area contributed by atoms with Gasteiger partial charge in [-0.3, -0.25) is 19.2 Å². The van der Waals surface area contributed by atoms with Gasteiger partial charge in [-0.1, -0.05) is 12.1 Å². The Labute approximate surface area is 152 Å². The predicted octanol–water partition coefficient (Wildman–Crippen LogP) is 0.421. The number of carbonyl (C=O) groups is 4. The van der Waals surface area contributed by atoms with Gasteiger partial charge in [-0.25, -0.2) is 0 Å². The molecular weight excluding hydrogens is 338 g/mol. The summed E-state index contributed by atoms with van der Waals surface area (Å²) in [6.45, 7) is 4.50. The summed E-state index contributed by atoms with van der Waals surface area (Å²) >= 11 is 0. The number of hydrogen-bond acceptors (Lipinski definition) is 5. The van der Waals surface area contributed by atoms with Crippen LogP contribution in [0.15, 0.2) is 24.3 Å². The van der Waals surface area contributed by atoms with Gasteiger partial charge in [0.25, 0.3) is 5.91 Å². The first-order chi connectivity index (χ1) is 12.3. The van der Waals surface area contributed by atoms with Crippen molar-refractivity contribution in [3.05, 3.63) is 29.8 Å². The van der Waals surface area contributed by atoms with E-state index in [-0.39, 0.29) is 30.7 Å². The van der Waals surface area contributed by atoms with Crippen molar-refractivity contribution < 1.29 is 23.9 Å². The van der Waals surface area contributed by atoms with Crippen LogP contribution in [0.1, 0.15) is 19.4 Å². The van der Waals surface area contributed by atoms with Crippen molar-refractivity contribution >= 4 is 29.4 Å². The van der Waals surface area contributed by atoms with Crippen LogP contribution in [-0.4, -0.2) is 66.3 Å². The lowest BCUT2D eigenvalue weighted by atomic mass is 10.1. The zero-order valence-electron chi connectivity index (χ0n) is 15.0. The Morgan fingerprint density at radius 2 is 1.54 bits per heavy atom. The zero-order valence-corrected chi connectivity index (χ0v) is 15.0. The largest absolute Gasteiger partial charge is 0.455 e. The van der Waals surface area contributed by atoms with E-state index in [1.54, 1.807) is 34.1 Å². The van der Waals surface area contributed by atoms with Gasteiger partial charge in [0.2, 0.25) is 11.8 Å². The molecule has 0 unspecified atom stereocenters. The minimum atomic E-state index is -0.493. The van der Waals surface area contributed by atoms with Crippen molar-refractivity contribution in [1.82, 2.24) is 9.80 Å². The average Bonchev–Trinajstić information content (AvgIpc) is 2.61. The van der Waals surface area contributed by atoms with E-state index in [2.05, 4.69) is 5.32 Å². The minimum absolute atomic E-state index is 0.00644. The van der Waals surface area contributed by atoms with Gasteiger partial charge in [-0.05, 0) is 17.7 Å². The molecule has 0 atom stereocenters. The second-order valence-electron chi connectivity index (χ2n) is 6.10. The lowest BCUT2D eigenvalue weighted by Gasteiger charge is -2.34. The van der Waals surface area contributed by atoms with Crippen LogP contribution in [0.25, 0.3) is 0 Å². The summed E-state index contributed by atoms with van der Waals surface area (Å²) in [4.78, 5) is 49.5. The number of esters is 1. The van der Waals surface area contributed by atoms with Gasteiger partial charge in [0.05, 0.1) is 6.42 Å². The lowest BCUT2D eigenvalue weighted by Crippen LogP contribution is -2.51. The van der Waals surface area contributed by atoms with Crippen LogP contribution in [0.5, 0.6) is 0 Å². The van der Waals surface area contributed by atoms with E-state index in [9.17, 15) is 19.2 Å². The fraction of sp³-hybridized carbons (Fsp3) is 0.444. The minimum Gasteiger partial charge on any atom is -0.455 e. The highest BCUT2D eigenvalue weighted by Gasteiger charge is 2.23. The second-order valence-corrected chi connectivity index (χ2v) is 6.10. The summed E-state index contributed by atoms with van der Waals surface area (Å²) < 4.78 is 5.05. The van der Waals surface area contributed by atoms with Gasteiger partial charge in [-0.15, -0.1) is 0 Å². The summed E-state index contributed by atoms with van der Waals surface area (Å²) in [6.07, 6.45) is 0.0474. The van der Waals surface area contributed by atoms with Gasteiger partial charge in [0.1, 0.15) is 0 Å². The molecule has 0 aliphatic carbocycles. The molecule has 1 aromatic carbocycles. The molecule has 8 nitrogen and oxygen atoms in total. The normalized spacial score (nSPS) is 13.9. The molecular formula is C18H23N3O5. The molecule has 1 heterocycles. The van der Waals surface area contributed by atoms with Crippen LogP contribution < -0.4 is 5.32 Å². The third-order valence-corrected chi connectivity index (χ3v) is 4.06. The van der Waals surface area contributed by atoms with E-state index in [0.717, 1.165) is 5.56 Å². The topological polar surface area (TPSA) is 96.0 Å². The summed E-state index contributed by atoms with van der Waals surface area (Å²) in [5.41, 5.74) is 1.38. The monoisotopic (exact) mass is 361 g/mol. The highest BCUT2D eigenvalue weighted by Crippen LogP contribution is 2.10. The predicted molar refractivity (Wildman–Crippen MR) is 94.2 cm³/mol. The van der Waals surface area contributed by atoms with Gasteiger partial charge >= 0.3 is 5.97 Å². The smallest absolute Gasteiger partial charge is 0.310 e. The summed E-state index contributed by atoms with van der Waals surface area (Å²) in [7, 11) is 0. The van der Waals surface area contributed by atoms with Crippen molar-refractivity contribution in [3.63, 3.8) is 0 Å². The summed E-state index contributed by atoms with van der Waals surface area (Å²) in [5, 5.41) is 2.64. The molecule has 0 aromatic heterocycles. The first-order valence-corrected chi connectivity index (χ1v) is 8.40. The number of nitrogens with zero attached hydrogens (tertiary/aromatic N) is 2. The Kier molecular flexibility index (Phi) is 6.71. The van der Waals surface area contributed by atoms with E-state index in [4.69, 9.17) is 4.74 Å². The van der Waals surface area contributed by atoms with Crippen LogP contribution in [0.2, 0.25) is 0 Å². The molecule has 0 saturated carbocycles. The van der Waals surface area contributed by atoms with Crippen molar-refractivity contribution in [1.29, 1.82) is 0 Å². The number of anilines is 1. The Morgan fingerprint density at radius 1 is 0.962 bits per heavy atom. The Hall–Kier alpha value is -2.90. The molecule has 0 radical (unpaired) electrons. The number of carbonyl (C=O) groups excluding carboxylic acids is 4. The maximum Gasteiger partial charge on any atom is 0.310 e. The fourth-order valence-electron chi connectivity index (χ4n) is 2.63. The molecule has 1 aliphatic rings. The number of amides is 3. The van der Waals surface area contributed by atoms with Gasteiger partial charge in [-0.2, -0.15) is 0 Å². The van der Waals surface area contributed by atoms with Gasteiger partial charge < -0.3 is 19.9 Å². The summed E-state index contributed by atoms with van der Waals surface area (Å²) in [6, 6.07) is 6.83. The molecule has 0 spiro atoms. The third-order valence-electron chi connectivity index (χ3n) is 4.06. The summed E-state index contributed by atoms with van der Waals surface area (Å²) in [5.74, 6) is -0.927. The van der Waals surface area contributed by atoms with Crippen LogP contribution >= 0.6 is 0 Å². The van der Waals surface area contributed by atoms with E-state index in [1.807, 2.05) is 0 Å². The molecule has 2 rings (SSSR count). The highest BCUT2D eigenvalue weighted by atomic mass is 16.5. The maximum atomic E-state index is 12.1. The lowest BCUT2D eigenvalue weighted by molar-refractivity contribution is -0.152. The number of rotatable bonds is 5. The zero-order chi connectivity index (χ0) is 19.1. The Balaban J connectivity index is 1.73. The van der Waals surface area contributed by atoms with Crippen LogP contribution in [-0.2, 0) is 30.3 Å². The highest BCUT2D eigenvalue weighted by molar-refractivity contribution is 5.88. The van der Waals surface area contributed by atoms with E-state index in [0.29, 0.717) is 31.9 Å². The quantitative estimate of drug-likeness (QED) is 0.767. The maximum absolute atomic E-state index is 12.1. The second kappa shape index (κ2) is 8.98. The molecule has 3 amide bonds. The van der Waals surface area contributed by atoms with Crippen LogP contribution in [0, 0.1) is 0 Å². The molecule has 0 bridgehead atoms. The Bertz CT molecular complexity index is 679. The molecule has 8 heteroatoms. The van der Waals surface area contributed by atoms with E-state index >= 15 is 0 Å². The molecule has 1 aliphatic heterocycles. The first kappa shape index (κ1) is 19.4. The van der Waals surface area contributed by atoms with Crippen molar-refractivity contribution in [3.8, 4) is 0 Å². The fourth-order valence-corrected chi connectivity index (χ4v) is 2.63. The Morgan fingerprint density at radius 3 is 2.08 bits per heavy atom. The molecule has 1 saturated heterocycles. The number of nitrogens with one attached hydrogen (secondary N) is 1. The molecule has 1 N–H and O–H groups in total. The average molecular weight is 361 g/mol. The molecule has 1 fully saturated rings. The number of piperazine rings is 1. The first-order valence-electron chi connectivity index (χ1n) is 8.40. The van der Waals surface area contributed by atoms with Gasteiger partial charge in [0.15, 0.2) is 6.61 Å². The number of ether oxygens (including phenoxy) is 1. The van der Waals surface area contributed by atoms with Gasteiger partial charge in [0, 0.05) is 45.7 Å².